The second-order valence-corrected chi connectivity index (χ2v) is 7.48. The molecule has 2 aliphatic rings. The number of hydrogen-bond donors (Lipinski definition) is 2. The molecule has 25 heavy (non-hydrogen) atoms. The standard InChI is InChI=1S/C15H16N2O6S2/c1-22-7-23-15(21)12-9(18)6-25-14-11(13(20)17(12)14)16-10(19)5-8-3-2-4-24-8/h2-4,11,14,18H,5-7H2,1H3,(H,16,19)/t11?,14-/m1/s1. The van der Waals surface area contributed by atoms with Crippen molar-refractivity contribution in [1.29, 1.82) is 0 Å². The van der Waals surface area contributed by atoms with Crippen LogP contribution in [0.2, 0.25) is 0 Å². The predicted molar refractivity (Wildman–Crippen MR) is 90.7 cm³/mol. The van der Waals surface area contributed by atoms with Gasteiger partial charge in [-0.3, -0.25) is 14.5 Å². The molecule has 1 aromatic heterocycles. The van der Waals surface area contributed by atoms with E-state index in [0.29, 0.717) is 0 Å². The molecule has 3 heterocycles. The van der Waals surface area contributed by atoms with E-state index in [4.69, 9.17) is 4.74 Å². The van der Waals surface area contributed by atoms with Gasteiger partial charge in [0.05, 0.1) is 12.2 Å². The number of esters is 1. The molecule has 8 nitrogen and oxygen atoms in total. The lowest BCUT2D eigenvalue weighted by Gasteiger charge is -2.48. The zero-order valence-electron chi connectivity index (χ0n) is 13.3. The molecular formula is C15H16N2O6S2. The lowest BCUT2D eigenvalue weighted by Crippen LogP contribution is -2.70. The van der Waals surface area contributed by atoms with Crippen LogP contribution in [0.4, 0.5) is 0 Å². The van der Waals surface area contributed by atoms with Crippen LogP contribution in [0.3, 0.4) is 0 Å². The van der Waals surface area contributed by atoms with Crippen LogP contribution >= 0.6 is 23.1 Å². The van der Waals surface area contributed by atoms with E-state index >= 15 is 0 Å². The number of hydrogen-bond acceptors (Lipinski definition) is 8. The SMILES string of the molecule is COCOC(=O)C1=C(O)CS[C@@H]2C(NC(=O)Cc3cccs3)C(=O)N12. The highest BCUT2D eigenvalue weighted by Gasteiger charge is 2.54. The number of aliphatic hydroxyl groups is 1. The van der Waals surface area contributed by atoms with Gasteiger partial charge >= 0.3 is 5.97 Å². The van der Waals surface area contributed by atoms with E-state index in [2.05, 4.69) is 10.1 Å². The average Bonchev–Trinajstić information content (AvgIpc) is 3.10. The Labute approximate surface area is 151 Å². The molecule has 2 N–H and O–H groups in total. The summed E-state index contributed by atoms with van der Waals surface area (Å²) in [6, 6.07) is 2.97. The van der Waals surface area contributed by atoms with Crippen molar-refractivity contribution in [1.82, 2.24) is 10.2 Å². The smallest absolute Gasteiger partial charge is 0.360 e. The number of ether oxygens (including phenoxy) is 2. The third kappa shape index (κ3) is 3.51. The molecular weight excluding hydrogens is 368 g/mol. The lowest BCUT2D eigenvalue weighted by atomic mass is 10.0. The van der Waals surface area contributed by atoms with Crippen LogP contribution in [0.5, 0.6) is 0 Å². The van der Waals surface area contributed by atoms with E-state index in [1.807, 2.05) is 17.5 Å². The summed E-state index contributed by atoms with van der Waals surface area (Å²) in [5, 5.41) is 14.1. The van der Waals surface area contributed by atoms with Gasteiger partial charge in [0.1, 0.15) is 17.2 Å². The zero-order valence-corrected chi connectivity index (χ0v) is 14.9. The highest BCUT2D eigenvalue weighted by Crippen LogP contribution is 2.39. The summed E-state index contributed by atoms with van der Waals surface area (Å²) in [5.74, 6) is -1.61. The monoisotopic (exact) mass is 384 g/mol. The highest BCUT2D eigenvalue weighted by molar-refractivity contribution is 8.00. The summed E-state index contributed by atoms with van der Waals surface area (Å²) >= 11 is 2.74. The fraction of sp³-hybridized carbons (Fsp3) is 0.400. The minimum absolute atomic E-state index is 0.156. The number of thiophene rings is 1. The molecule has 10 heteroatoms. The second-order valence-electron chi connectivity index (χ2n) is 5.34. The molecule has 3 rings (SSSR count). The lowest BCUT2D eigenvalue weighted by molar-refractivity contribution is -0.158. The summed E-state index contributed by atoms with van der Waals surface area (Å²) in [6.07, 6.45) is 0.197. The number of nitrogens with one attached hydrogen (secondary N) is 1. The van der Waals surface area contributed by atoms with E-state index in [9.17, 15) is 19.5 Å². The fourth-order valence-corrected chi connectivity index (χ4v) is 4.47. The van der Waals surface area contributed by atoms with Crippen LogP contribution in [0.15, 0.2) is 29.0 Å². The van der Waals surface area contributed by atoms with E-state index < -0.39 is 23.3 Å². The molecule has 1 unspecified atom stereocenters. The average molecular weight is 384 g/mol. The number of amides is 2. The molecule has 2 amide bonds. The number of rotatable bonds is 6. The Kier molecular flexibility index (Phi) is 5.30. The van der Waals surface area contributed by atoms with E-state index in [1.54, 1.807) is 0 Å². The van der Waals surface area contributed by atoms with E-state index in [-0.39, 0.29) is 36.3 Å². The quantitative estimate of drug-likeness (QED) is 0.420. The molecule has 0 spiro atoms. The maximum Gasteiger partial charge on any atom is 0.360 e. The first-order chi connectivity index (χ1) is 12.0. The summed E-state index contributed by atoms with van der Waals surface area (Å²) in [7, 11) is 1.36. The molecule has 0 aromatic carbocycles. The molecule has 0 saturated carbocycles. The first-order valence-electron chi connectivity index (χ1n) is 7.37. The van der Waals surface area contributed by atoms with Crippen molar-refractivity contribution >= 4 is 40.9 Å². The van der Waals surface area contributed by atoms with Crippen LogP contribution < -0.4 is 5.32 Å². The number of β-lactam (4-membered cyclic amide) rings is 1. The summed E-state index contributed by atoms with van der Waals surface area (Å²) < 4.78 is 9.48. The Balaban J connectivity index is 1.65. The first kappa shape index (κ1) is 17.8. The summed E-state index contributed by atoms with van der Waals surface area (Å²) in [4.78, 5) is 38.6. The molecule has 2 atom stereocenters. The molecule has 1 fully saturated rings. The molecule has 1 aromatic rings. The first-order valence-corrected chi connectivity index (χ1v) is 9.30. The summed E-state index contributed by atoms with van der Waals surface area (Å²) in [5.41, 5.74) is -0.186. The highest BCUT2D eigenvalue weighted by atomic mass is 32.2. The van der Waals surface area contributed by atoms with E-state index in [1.165, 1.54) is 30.2 Å². The van der Waals surface area contributed by atoms with Crippen LogP contribution in [0, 0.1) is 0 Å². The Hall–Kier alpha value is -2.04. The van der Waals surface area contributed by atoms with Gasteiger partial charge in [-0.15, -0.1) is 23.1 Å². The Morgan fingerprint density at radius 2 is 2.28 bits per heavy atom. The van der Waals surface area contributed by atoms with Crippen LogP contribution in [0.1, 0.15) is 4.88 Å². The predicted octanol–water partition coefficient (Wildman–Crippen LogP) is 0.607. The van der Waals surface area contributed by atoms with Gasteiger partial charge in [-0.25, -0.2) is 4.79 Å². The van der Waals surface area contributed by atoms with Gasteiger partial charge in [0.25, 0.3) is 5.91 Å². The molecule has 2 aliphatic heterocycles. The molecule has 0 bridgehead atoms. The van der Waals surface area contributed by atoms with Crippen LogP contribution in [-0.2, 0) is 30.3 Å². The van der Waals surface area contributed by atoms with Crippen molar-refractivity contribution in [2.24, 2.45) is 0 Å². The number of methoxy groups -OCH3 is 1. The van der Waals surface area contributed by atoms with E-state index in [0.717, 1.165) is 9.78 Å². The van der Waals surface area contributed by atoms with Crippen molar-refractivity contribution in [2.45, 2.75) is 17.8 Å². The Bertz CT molecular complexity index is 718. The van der Waals surface area contributed by atoms with Gasteiger partial charge in [0.15, 0.2) is 12.5 Å². The largest absolute Gasteiger partial charge is 0.509 e. The number of nitrogens with zero attached hydrogens (tertiary/aromatic N) is 1. The Morgan fingerprint density at radius 3 is 2.96 bits per heavy atom. The van der Waals surface area contributed by atoms with Crippen molar-refractivity contribution in [3.8, 4) is 0 Å². The molecule has 1 saturated heterocycles. The van der Waals surface area contributed by atoms with Gasteiger partial charge in [-0.2, -0.15) is 0 Å². The van der Waals surface area contributed by atoms with Gasteiger partial charge in [-0.05, 0) is 11.4 Å². The summed E-state index contributed by atoms with van der Waals surface area (Å²) in [6.45, 7) is -0.281. The molecule has 0 radical (unpaired) electrons. The van der Waals surface area contributed by atoms with Crippen molar-refractivity contribution in [3.63, 3.8) is 0 Å². The second kappa shape index (κ2) is 7.46. The maximum atomic E-state index is 12.4. The number of thioether (sulfide) groups is 1. The zero-order chi connectivity index (χ0) is 18.0. The van der Waals surface area contributed by atoms with Gasteiger partial charge in [-0.1, -0.05) is 6.07 Å². The number of carbonyl (C=O) groups is 3. The molecule has 134 valence electrons. The van der Waals surface area contributed by atoms with Crippen molar-refractivity contribution < 1.29 is 29.0 Å². The normalized spacial score (nSPS) is 22.3. The van der Waals surface area contributed by atoms with Gasteiger partial charge in [0, 0.05) is 12.0 Å². The molecule has 0 aliphatic carbocycles. The maximum absolute atomic E-state index is 12.4. The minimum atomic E-state index is -0.832. The van der Waals surface area contributed by atoms with Crippen molar-refractivity contribution in [3.05, 3.63) is 33.8 Å². The van der Waals surface area contributed by atoms with Crippen LogP contribution in [0.25, 0.3) is 0 Å². The van der Waals surface area contributed by atoms with Crippen molar-refractivity contribution in [2.75, 3.05) is 19.7 Å². The van der Waals surface area contributed by atoms with Crippen LogP contribution in [-0.4, -0.2) is 58.9 Å². The topological polar surface area (TPSA) is 105 Å². The van der Waals surface area contributed by atoms with Gasteiger partial charge in [0.2, 0.25) is 5.91 Å². The number of aliphatic hydroxyl groups excluding tert-OH is 1. The number of fused-ring (bicyclic) bond motifs is 1. The Morgan fingerprint density at radius 1 is 1.48 bits per heavy atom. The van der Waals surface area contributed by atoms with Gasteiger partial charge < -0.3 is 19.9 Å². The third-order valence-corrected chi connectivity index (χ3v) is 5.82. The third-order valence-electron chi connectivity index (χ3n) is 3.68. The number of carbonyl (C=O) groups excluding carboxylic acids is 3. The minimum Gasteiger partial charge on any atom is -0.509 e. The fourth-order valence-electron chi connectivity index (χ4n) is 2.57.